The Bertz CT molecular complexity index is 631. The molecule has 3 nitrogen and oxygen atoms in total. The quantitative estimate of drug-likeness (QED) is 0.507. The largest absolute Gasteiger partial charge is 0.393 e. The first kappa shape index (κ1) is 18.2. The number of alkyl halides is 1. The van der Waals surface area contributed by atoms with Gasteiger partial charge in [0.25, 0.3) is 0 Å². The van der Waals surface area contributed by atoms with Crippen molar-refractivity contribution in [3.8, 4) is 0 Å². The summed E-state index contributed by atoms with van der Waals surface area (Å²) in [6, 6.07) is 0. The second kappa shape index (κ2) is 5.65. The molecule has 0 aliphatic heterocycles. The Balaban J connectivity index is 1.72. The van der Waals surface area contributed by atoms with E-state index in [1.165, 1.54) is 5.57 Å². The summed E-state index contributed by atoms with van der Waals surface area (Å²) in [7, 11) is 0. The number of carbonyl (C=O) groups excluding carboxylic acids is 1. The Hall–Kier alpha value is -0.190. The number of halogens is 1. The van der Waals surface area contributed by atoms with Crippen molar-refractivity contribution < 1.29 is 15.0 Å². The van der Waals surface area contributed by atoms with Gasteiger partial charge in [-0.25, -0.2) is 0 Å². The average molecular weight is 411 g/mol. The number of hydrogen-bond donors (Lipinski definition) is 2. The van der Waals surface area contributed by atoms with Gasteiger partial charge >= 0.3 is 0 Å². The molecule has 0 aromatic carbocycles. The Kier molecular flexibility index (Phi) is 4.11. The molecule has 4 aliphatic carbocycles. The summed E-state index contributed by atoms with van der Waals surface area (Å²) in [6.07, 6.45) is 8.94. The summed E-state index contributed by atoms with van der Waals surface area (Å²) in [4.78, 5) is 12.3. The molecule has 0 aromatic rings. The average Bonchev–Trinajstić information content (AvgIpc) is 2.77. The minimum atomic E-state index is -1.24. The van der Waals surface area contributed by atoms with Gasteiger partial charge in [0.15, 0.2) is 5.78 Å². The second-order valence-corrected chi connectivity index (χ2v) is 10.7. The molecule has 0 aromatic heterocycles. The van der Waals surface area contributed by atoms with Crippen LogP contribution in [0.5, 0.6) is 0 Å². The third-order valence-corrected chi connectivity index (χ3v) is 9.83. The Labute approximate surface area is 159 Å². The zero-order valence-corrected chi connectivity index (χ0v) is 17.2. The van der Waals surface area contributed by atoms with Crippen molar-refractivity contribution in [2.45, 2.75) is 82.2 Å². The number of aliphatic hydroxyl groups is 2. The Morgan fingerprint density at radius 1 is 1.24 bits per heavy atom. The first-order valence-corrected chi connectivity index (χ1v) is 10.8. The summed E-state index contributed by atoms with van der Waals surface area (Å²) in [5, 5.41) is 21.5. The van der Waals surface area contributed by atoms with Crippen molar-refractivity contribution >= 4 is 21.7 Å². The molecule has 3 fully saturated rings. The summed E-state index contributed by atoms with van der Waals surface area (Å²) >= 11 is 3.67. The number of hydrogen-bond acceptors (Lipinski definition) is 3. The van der Waals surface area contributed by atoms with Gasteiger partial charge in [-0.3, -0.25) is 4.79 Å². The van der Waals surface area contributed by atoms with Gasteiger partial charge in [-0.05, 0) is 75.0 Å². The van der Waals surface area contributed by atoms with Crippen LogP contribution in [-0.2, 0) is 4.79 Å². The normalized spacial score (nSPS) is 55.0. The summed E-state index contributed by atoms with van der Waals surface area (Å²) in [5.74, 6) is 1.45. The van der Waals surface area contributed by atoms with Crippen molar-refractivity contribution in [3.05, 3.63) is 11.6 Å². The third-order valence-electron chi connectivity index (χ3n) is 8.79. The van der Waals surface area contributed by atoms with Crippen molar-refractivity contribution in [3.63, 3.8) is 0 Å². The molecule has 4 aliphatic rings. The molecule has 0 unspecified atom stereocenters. The fraction of sp³-hybridized carbons (Fsp3) is 0.857. The standard InChI is InChI=1S/C21H31BrO3/c1-12(23)21(25)18(22)11-17-15-5-4-13-10-14(24)6-8-19(13,2)16(15)7-9-20(17,21)3/h4,14-18,24-25H,5-11H2,1-3H3/t14-,15-,16+,17-,18+,19-,20-,21+/m0/s1. The van der Waals surface area contributed by atoms with Crippen molar-refractivity contribution in [2.24, 2.45) is 28.6 Å². The van der Waals surface area contributed by atoms with Crippen LogP contribution in [0.3, 0.4) is 0 Å². The lowest BCUT2D eigenvalue weighted by atomic mass is 9.47. The lowest BCUT2D eigenvalue weighted by molar-refractivity contribution is -0.158. The highest BCUT2D eigenvalue weighted by Crippen LogP contribution is 2.68. The predicted octanol–water partition coefficient (Wildman–Crippen LogP) is 4.00. The fourth-order valence-electron chi connectivity index (χ4n) is 7.24. The van der Waals surface area contributed by atoms with Crippen LogP contribution in [0.15, 0.2) is 11.6 Å². The number of ketones is 1. The second-order valence-electron chi connectivity index (χ2n) is 9.64. The van der Waals surface area contributed by atoms with Gasteiger partial charge < -0.3 is 10.2 Å². The summed E-state index contributed by atoms with van der Waals surface area (Å²) in [6.45, 7) is 6.11. The maximum atomic E-state index is 12.4. The van der Waals surface area contributed by atoms with Crippen molar-refractivity contribution in [2.75, 3.05) is 0 Å². The van der Waals surface area contributed by atoms with Gasteiger partial charge in [-0.15, -0.1) is 0 Å². The molecule has 0 spiro atoms. The number of fused-ring (bicyclic) bond motifs is 5. The number of rotatable bonds is 1. The minimum absolute atomic E-state index is 0.0862. The molecular formula is C21H31BrO3. The highest BCUT2D eigenvalue weighted by atomic mass is 79.9. The highest BCUT2D eigenvalue weighted by molar-refractivity contribution is 9.09. The van der Waals surface area contributed by atoms with Gasteiger partial charge in [0, 0.05) is 5.41 Å². The van der Waals surface area contributed by atoms with Crippen LogP contribution in [0.1, 0.15) is 65.7 Å². The van der Waals surface area contributed by atoms with Crippen LogP contribution in [-0.4, -0.2) is 32.5 Å². The van der Waals surface area contributed by atoms with E-state index in [0.717, 1.165) is 44.9 Å². The third kappa shape index (κ3) is 2.20. The Morgan fingerprint density at radius 3 is 2.64 bits per heavy atom. The van der Waals surface area contributed by atoms with E-state index < -0.39 is 5.60 Å². The van der Waals surface area contributed by atoms with E-state index in [1.807, 2.05) is 0 Å². The zero-order chi connectivity index (χ0) is 18.2. The van der Waals surface area contributed by atoms with Crippen LogP contribution in [0.2, 0.25) is 0 Å². The van der Waals surface area contributed by atoms with E-state index in [9.17, 15) is 15.0 Å². The fourth-order valence-corrected chi connectivity index (χ4v) is 8.49. The van der Waals surface area contributed by atoms with E-state index in [1.54, 1.807) is 6.92 Å². The van der Waals surface area contributed by atoms with Crippen LogP contribution in [0.25, 0.3) is 0 Å². The molecule has 25 heavy (non-hydrogen) atoms. The van der Waals surface area contributed by atoms with Gasteiger partial charge in [-0.2, -0.15) is 0 Å². The van der Waals surface area contributed by atoms with E-state index in [-0.39, 0.29) is 27.5 Å². The smallest absolute Gasteiger partial charge is 0.163 e. The van der Waals surface area contributed by atoms with E-state index in [2.05, 4.69) is 35.9 Å². The predicted molar refractivity (Wildman–Crippen MR) is 101 cm³/mol. The SMILES string of the molecule is CC(=O)[C@@]1(O)[C@H](Br)C[C@H]2[C@H]3CC=C4C[C@@H](O)CC[C@]4(C)[C@@H]3CC[C@@]21C. The van der Waals surface area contributed by atoms with E-state index >= 15 is 0 Å². The molecule has 0 saturated heterocycles. The number of Topliss-reactive ketones (excluding diaryl/α,β-unsaturated/α-hetero) is 1. The van der Waals surface area contributed by atoms with E-state index in [4.69, 9.17) is 0 Å². The molecule has 3 saturated carbocycles. The van der Waals surface area contributed by atoms with Gasteiger partial charge in [0.05, 0.1) is 10.9 Å². The van der Waals surface area contributed by atoms with Crippen molar-refractivity contribution in [1.82, 2.24) is 0 Å². The van der Waals surface area contributed by atoms with Crippen LogP contribution < -0.4 is 0 Å². The molecule has 4 rings (SSSR count). The highest BCUT2D eigenvalue weighted by Gasteiger charge is 2.68. The molecule has 0 amide bonds. The number of allylic oxidation sites excluding steroid dienone is 1. The van der Waals surface area contributed by atoms with E-state index in [0.29, 0.717) is 17.8 Å². The van der Waals surface area contributed by atoms with Gasteiger partial charge in [0.1, 0.15) is 5.60 Å². The van der Waals surface area contributed by atoms with Crippen LogP contribution >= 0.6 is 15.9 Å². The maximum absolute atomic E-state index is 12.4. The molecule has 2 N–H and O–H groups in total. The topological polar surface area (TPSA) is 57.5 Å². The molecule has 140 valence electrons. The minimum Gasteiger partial charge on any atom is -0.393 e. The molecular weight excluding hydrogens is 380 g/mol. The van der Waals surface area contributed by atoms with Crippen molar-refractivity contribution in [1.29, 1.82) is 0 Å². The monoisotopic (exact) mass is 410 g/mol. The molecule has 4 heteroatoms. The van der Waals surface area contributed by atoms with Gasteiger partial charge in [-0.1, -0.05) is 41.4 Å². The summed E-state index contributed by atoms with van der Waals surface area (Å²) < 4.78 is 0. The molecule has 8 atom stereocenters. The molecule has 0 bridgehead atoms. The molecule has 0 radical (unpaired) electrons. The lowest BCUT2D eigenvalue weighted by Crippen LogP contribution is -2.58. The maximum Gasteiger partial charge on any atom is 0.163 e. The first-order chi connectivity index (χ1) is 11.6. The number of carbonyl (C=O) groups is 1. The first-order valence-electron chi connectivity index (χ1n) is 9.89. The Morgan fingerprint density at radius 2 is 1.96 bits per heavy atom. The van der Waals surface area contributed by atoms with Crippen LogP contribution in [0, 0.1) is 28.6 Å². The molecule has 0 heterocycles. The van der Waals surface area contributed by atoms with Crippen LogP contribution in [0.4, 0.5) is 0 Å². The number of aliphatic hydroxyl groups excluding tert-OH is 1. The van der Waals surface area contributed by atoms with Gasteiger partial charge in [0.2, 0.25) is 0 Å². The lowest BCUT2D eigenvalue weighted by Gasteiger charge is -2.58. The summed E-state index contributed by atoms with van der Waals surface area (Å²) in [5.41, 5.74) is 0.0917. The zero-order valence-electron chi connectivity index (χ0n) is 15.6.